The lowest BCUT2D eigenvalue weighted by Crippen LogP contribution is -1.90. The molecule has 2 rings (SSSR count). The third-order valence-corrected chi connectivity index (χ3v) is 2.60. The summed E-state index contributed by atoms with van der Waals surface area (Å²) in [6.07, 6.45) is 0. The van der Waals surface area contributed by atoms with E-state index in [1.807, 2.05) is 37.3 Å². The van der Waals surface area contributed by atoms with Crippen LogP contribution in [0.25, 0.3) is 0 Å². The molecule has 2 aromatic carbocycles. The number of nitrogens with two attached hydrogens (primary N) is 1. The van der Waals surface area contributed by atoms with E-state index >= 15 is 0 Å². The Labute approximate surface area is 102 Å². The van der Waals surface area contributed by atoms with Crippen LogP contribution in [0.5, 0.6) is 0 Å². The van der Waals surface area contributed by atoms with Gasteiger partial charge in [0.15, 0.2) is 0 Å². The van der Waals surface area contributed by atoms with Gasteiger partial charge in [0.1, 0.15) is 0 Å². The van der Waals surface area contributed by atoms with E-state index in [1.165, 1.54) is 5.56 Å². The molecule has 0 aromatic heterocycles. The Kier molecular flexibility index (Phi) is 3.16. The minimum atomic E-state index is 0.740. The van der Waals surface area contributed by atoms with Gasteiger partial charge in [0.25, 0.3) is 0 Å². The fourth-order valence-corrected chi connectivity index (χ4v) is 1.57. The van der Waals surface area contributed by atoms with Crippen LogP contribution in [0, 0.1) is 25.7 Å². The Hall–Kier alpha value is -2.20. The highest BCUT2D eigenvalue weighted by atomic mass is 14.5. The molecule has 0 aliphatic carbocycles. The van der Waals surface area contributed by atoms with Crippen molar-refractivity contribution in [3.63, 3.8) is 0 Å². The van der Waals surface area contributed by atoms with E-state index in [-0.39, 0.29) is 0 Å². The molecule has 2 aromatic rings. The van der Waals surface area contributed by atoms with Crippen LogP contribution in [0.2, 0.25) is 0 Å². The summed E-state index contributed by atoms with van der Waals surface area (Å²) >= 11 is 0. The summed E-state index contributed by atoms with van der Waals surface area (Å²) in [7, 11) is 0. The van der Waals surface area contributed by atoms with Gasteiger partial charge in [-0.3, -0.25) is 0 Å². The summed E-state index contributed by atoms with van der Waals surface area (Å²) < 4.78 is 0. The molecule has 0 aliphatic heterocycles. The summed E-state index contributed by atoms with van der Waals surface area (Å²) in [4.78, 5) is 0. The predicted octanol–water partition coefficient (Wildman–Crippen LogP) is 3.29. The van der Waals surface area contributed by atoms with Gasteiger partial charge in [-0.25, -0.2) is 0 Å². The van der Waals surface area contributed by atoms with Crippen LogP contribution in [0.1, 0.15) is 22.3 Å². The SMILES string of the molecule is Cc1ccc(C#Cc2ccc(C)cc2N)cc1. The number of hydrogen-bond donors (Lipinski definition) is 1. The summed E-state index contributed by atoms with van der Waals surface area (Å²) in [6.45, 7) is 4.09. The van der Waals surface area contributed by atoms with E-state index in [1.54, 1.807) is 0 Å². The monoisotopic (exact) mass is 221 g/mol. The van der Waals surface area contributed by atoms with E-state index in [4.69, 9.17) is 5.73 Å². The van der Waals surface area contributed by atoms with Crippen LogP contribution in [-0.2, 0) is 0 Å². The lowest BCUT2D eigenvalue weighted by Gasteiger charge is -1.99. The maximum absolute atomic E-state index is 5.91. The van der Waals surface area contributed by atoms with Crippen molar-refractivity contribution in [2.45, 2.75) is 13.8 Å². The molecular formula is C16H15N. The van der Waals surface area contributed by atoms with Gasteiger partial charge in [-0.1, -0.05) is 35.6 Å². The van der Waals surface area contributed by atoms with Crippen molar-refractivity contribution in [3.05, 3.63) is 64.7 Å². The molecule has 84 valence electrons. The van der Waals surface area contributed by atoms with E-state index in [0.717, 1.165) is 22.4 Å². The van der Waals surface area contributed by atoms with Crippen molar-refractivity contribution < 1.29 is 0 Å². The van der Waals surface area contributed by atoms with E-state index in [0.29, 0.717) is 0 Å². The fraction of sp³-hybridized carbons (Fsp3) is 0.125. The molecule has 0 radical (unpaired) electrons. The van der Waals surface area contributed by atoms with Crippen molar-refractivity contribution in [3.8, 4) is 11.8 Å². The Morgan fingerprint density at radius 2 is 1.47 bits per heavy atom. The number of anilines is 1. The molecule has 0 heterocycles. The zero-order chi connectivity index (χ0) is 12.3. The third-order valence-electron chi connectivity index (χ3n) is 2.60. The average molecular weight is 221 g/mol. The molecule has 17 heavy (non-hydrogen) atoms. The van der Waals surface area contributed by atoms with Gasteiger partial charge in [0.2, 0.25) is 0 Å². The van der Waals surface area contributed by atoms with Crippen LogP contribution in [-0.4, -0.2) is 0 Å². The Morgan fingerprint density at radius 3 is 2.12 bits per heavy atom. The number of aryl methyl sites for hydroxylation is 2. The molecule has 0 atom stereocenters. The highest BCUT2D eigenvalue weighted by Crippen LogP contribution is 2.12. The quantitative estimate of drug-likeness (QED) is 0.536. The lowest BCUT2D eigenvalue weighted by atomic mass is 10.1. The van der Waals surface area contributed by atoms with Crippen LogP contribution >= 0.6 is 0 Å². The maximum atomic E-state index is 5.91. The largest absolute Gasteiger partial charge is 0.398 e. The molecule has 1 heteroatoms. The Bertz CT molecular complexity index is 583. The molecule has 1 nitrogen and oxygen atoms in total. The first-order valence-electron chi connectivity index (χ1n) is 5.60. The van der Waals surface area contributed by atoms with Gasteiger partial charge in [0, 0.05) is 16.8 Å². The van der Waals surface area contributed by atoms with Crippen molar-refractivity contribution in [2.24, 2.45) is 0 Å². The zero-order valence-electron chi connectivity index (χ0n) is 10.1. The van der Waals surface area contributed by atoms with Gasteiger partial charge in [-0.15, -0.1) is 0 Å². The van der Waals surface area contributed by atoms with Crippen molar-refractivity contribution in [2.75, 3.05) is 5.73 Å². The van der Waals surface area contributed by atoms with E-state index in [2.05, 4.69) is 30.9 Å². The van der Waals surface area contributed by atoms with Gasteiger partial charge in [0.05, 0.1) is 0 Å². The molecule has 0 saturated carbocycles. The molecule has 0 amide bonds. The van der Waals surface area contributed by atoms with Crippen molar-refractivity contribution >= 4 is 5.69 Å². The highest BCUT2D eigenvalue weighted by molar-refractivity contribution is 5.58. The van der Waals surface area contributed by atoms with Gasteiger partial charge >= 0.3 is 0 Å². The Morgan fingerprint density at radius 1 is 0.824 bits per heavy atom. The predicted molar refractivity (Wildman–Crippen MR) is 72.8 cm³/mol. The van der Waals surface area contributed by atoms with Crippen LogP contribution < -0.4 is 5.73 Å². The van der Waals surface area contributed by atoms with Gasteiger partial charge < -0.3 is 5.73 Å². The second-order valence-electron chi connectivity index (χ2n) is 4.21. The summed E-state index contributed by atoms with van der Waals surface area (Å²) in [6, 6.07) is 14.1. The van der Waals surface area contributed by atoms with E-state index in [9.17, 15) is 0 Å². The first-order valence-corrected chi connectivity index (χ1v) is 5.60. The topological polar surface area (TPSA) is 26.0 Å². The number of benzene rings is 2. The molecule has 2 N–H and O–H groups in total. The van der Waals surface area contributed by atoms with Crippen molar-refractivity contribution in [1.82, 2.24) is 0 Å². The molecule has 0 bridgehead atoms. The second kappa shape index (κ2) is 4.76. The first kappa shape index (κ1) is 11.3. The molecular weight excluding hydrogens is 206 g/mol. The third kappa shape index (κ3) is 2.89. The van der Waals surface area contributed by atoms with Crippen LogP contribution in [0.4, 0.5) is 5.69 Å². The number of hydrogen-bond acceptors (Lipinski definition) is 1. The zero-order valence-corrected chi connectivity index (χ0v) is 10.1. The minimum absolute atomic E-state index is 0.740. The van der Waals surface area contributed by atoms with Crippen LogP contribution in [0.15, 0.2) is 42.5 Å². The lowest BCUT2D eigenvalue weighted by molar-refractivity contribution is 1.45. The van der Waals surface area contributed by atoms with E-state index < -0.39 is 0 Å². The van der Waals surface area contributed by atoms with Gasteiger partial charge in [-0.2, -0.15) is 0 Å². The smallest absolute Gasteiger partial charge is 0.0478 e. The molecule has 0 aliphatic rings. The van der Waals surface area contributed by atoms with Crippen LogP contribution in [0.3, 0.4) is 0 Å². The Balaban J connectivity index is 2.29. The van der Waals surface area contributed by atoms with Gasteiger partial charge in [-0.05, 0) is 43.7 Å². The number of nitrogen functional groups attached to an aromatic ring is 1. The molecule has 0 spiro atoms. The summed E-state index contributed by atoms with van der Waals surface area (Å²) in [5.74, 6) is 6.22. The fourth-order valence-electron chi connectivity index (χ4n) is 1.57. The normalized spacial score (nSPS) is 9.53. The molecule has 0 saturated heterocycles. The first-order chi connectivity index (χ1) is 8.15. The standard InChI is InChI=1S/C16H15N/c1-12-3-6-14(7-4-12)8-10-15-9-5-13(2)11-16(15)17/h3-7,9,11H,17H2,1-2H3. The maximum Gasteiger partial charge on any atom is 0.0478 e. The summed E-state index contributed by atoms with van der Waals surface area (Å²) in [5.41, 5.74) is 10.9. The molecule has 0 unspecified atom stereocenters. The summed E-state index contributed by atoms with van der Waals surface area (Å²) in [5, 5.41) is 0. The highest BCUT2D eigenvalue weighted by Gasteiger charge is 1.94. The molecule has 0 fully saturated rings. The minimum Gasteiger partial charge on any atom is -0.398 e. The second-order valence-corrected chi connectivity index (χ2v) is 4.21. The number of rotatable bonds is 0. The average Bonchev–Trinajstić information content (AvgIpc) is 2.30. The van der Waals surface area contributed by atoms with Crippen molar-refractivity contribution in [1.29, 1.82) is 0 Å².